The minimum absolute atomic E-state index is 0.169. The van der Waals surface area contributed by atoms with Gasteiger partial charge in [-0.2, -0.15) is 0 Å². The maximum atomic E-state index is 12.3. The van der Waals surface area contributed by atoms with E-state index in [4.69, 9.17) is 5.21 Å². The fraction of sp³-hybridized carbons (Fsp3) is 0.368. The van der Waals surface area contributed by atoms with Gasteiger partial charge in [-0.3, -0.25) is 14.8 Å². The molecule has 2 aliphatic rings. The van der Waals surface area contributed by atoms with Crippen LogP contribution in [0.2, 0.25) is 0 Å². The van der Waals surface area contributed by atoms with Crippen LogP contribution in [0.5, 0.6) is 0 Å². The van der Waals surface area contributed by atoms with Gasteiger partial charge in [0.25, 0.3) is 0 Å². The number of amides is 1. The molecule has 0 unspecified atom stereocenters. The summed E-state index contributed by atoms with van der Waals surface area (Å²) in [5.74, 6) is -0.180. The third kappa shape index (κ3) is 4.09. The van der Waals surface area contributed by atoms with Gasteiger partial charge in [0.2, 0.25) is 5.91 Å². The molecule has 25 heavy (non-hydrogen) atoms. The van der Waals surface area contributed by atoms with Crippen molar-refractivity contribution in [2.75, 3.05) is 23.3 Å². The Kier molecular flexibility index (Phi) is 5.50. The summed E-state index contributed by atoms with van der Waals surface area (Å²) >= 11 is 0. The number of fused-ring (bicyclic) bond motifs is 1. The molecule has 0 saturated carbocycles. The van der Waals surface area contributed by atoms with Crippen LogP contribution in [0.25, 0.3) is 0 Å². The van der Waals surface area contributed by atoms with Crippen molar-refractivity contribution in [3.63, 3.8) is 0 Å². The quantitative estimate of drug-likeness (QED) is 0.421. The maximum Gasteiger partial charge on any atom is 0.243 e. The molecule has 0 atom stereocenters. The zero-order valence-corrected chi connectivity index (χ0v) is 14.1. The Morgan fingerprint density at radius 2 is 2.08 bits per heavy atom. The number of hydrogen-bond acceptors (Lipinski definition) is 5. The minimum Gasteiger partial charge on any atom is -0.365 e. The van der Waals surface area contributed by atoms with Crippen molar-refractivity contribution in [2.24, 2.45) is 0 Å². The summed E-state index contributed by atoms with van der Waals surface area (Å²) in [5.41, 5.74) is 5.48. The standard InChI is InChI=1S/C19H23N3O3/c23-18-10-6-8-15-14(18)13-22(12-5-1-2-11-19(24)21-25)17-9-4-3-7-16(17)20-15/h3-4,6-9,20,25H,1-2,5,10-13H2,(H,21,24). The molecule has 6 nitrogen and oxygen atoms in total. The summed E-state index contributed by atoms with van der Waals surface area (Å²) in [6, 6.07) is 8.07. The van der Waals surface area contributed by atoms with Gasteiger partial charge in [-0.1, -0.05) is 24.6 Å². The first-order valence-electron chi connectivity index (χ1n) is 8.66. The van der Waals surface area contributed by atoms with Gasteiger partial charge in [0.15, 0.2) is 5.78 Å². The lowest BCUT2D eigenvalue weighted by atomic mass is 10.0. The lowest BCUT2D eigenvalue weighted by Crippen LogP contribution is -2.29. The van der Waals surface area contributed by atoms with Gasteiger partial charge >= 0.3 is 0 Å². The van der Waals surface area contributed by atoms with Crippen LogP contribution in [0.3, 0.4) is 0 Å². The first-order valence-corrected chi connectivity index (χ1v) is 8.66. The van der Waals surface area contributed by atoms with Crippen molar-refractivity contribution in [1.29, 1.82) is 0 Å². The third-order valence-corrected chi connectivity index (χ3v) is 4.57. The fourth-order valence-corrected chi connectivity index (χ4v) is 3.24. The molecule has 0 fully saturated rings. The summed E-state index contributed by atoms with van der Waals surface area (Å²) in [6.45, 7) is 1.41. The predicted octanol–water partition coefficient (Wildman–Crippen LogP) is 2.77. The molecule has 1 heterocycles. The van der Waals surface area contributed by atoms with Crippen molar-refractivity contribution < 1.29 is 14.8 Å². The lowest BCUT2D eigenvalue weighted by Gasteiger charge is -2.25. The Hall–Kier alpha value is -2.60. The highest BCUT2D eigenvalue weighted by Crippen LogP contribution is 2.33. The highest BCUT2D eigenvalue weighted by Gasteiger charge is 2.24. The number of hydroxylamine groups is 1. The molecule has 132 valence electrons. The second kappa shape index (κ2) is 7.98. The Labute approximate surface area is 147 Å². The molecular weight excluding hydrogens is 318 g/mol. The van der Waals surface area contributed by atoms with E-state index in [9.17, 15) is 9.59 Å². The van der Waals surface area contributed by atoms with E-state index in [1.54, 1.807) is 5.48 Å². The van der Waals surface area contributed by atoms with Gasteiger partial charge in [-0.15, -0.1) is 0 Å². The van der Waals surface area contributed by atoms with Crippen LogP contribution in [0.4, 0.5) is 11.4 Å². The van der Waals surface area contributed by atoms with Crippen molar-refractivity contribution in [2.45, 2.75) is 32.1 Å². The SMILES string of the molecule is O=C(CCCCCN1CC2=C(C=CCC2=O)Nc2ccccc21)NO. The number of anilines is 2. The molecule has 3 rings (SSSR count). The van der Waals surface area contributed by atoms with E-state index in [0.29, 0.717) is 19.4 Å². The lowest BCUT2D eigenvalue weighted by molar-refractivity contribution is -0.129. The number of Topliss-reactive ketones (excluding diaryl/α,β-unsaturated/α-hetero) is 1. The van der Waals surface area contributed by atoms with Crippen LogP contribution in [0, 0.1) is 0 Å². The van der Waals surface area contributed by atoms with Crippen LogP contribution in [0.15, 0.2) is 47.7 Å². The van der Waals surface area contributed by atoms with Crippen molar-refractivity contribution in [1.82, 2.24) is 5.48 Å². The minimum atomic E-state index is -0.348. The Morgan fingerprint density at radius 1 is 1.24 bits per heavy atom. The van der Waals surface area contributed by atoms with Gasteiger partial charge in [-0.25, -0.2) is 5.48 Å². The molecule has 0 saturated heterocycles. The number of allylic oxidation sites excluding steroid dienone is 2. The van der Waals surface area contributed by atoms with E-state index >= 15 is 0 Å². The number of nitrogens with zero attached hydrogens (tertiary/aromatic N) is 1. The van der Waals surface area contributed by atoms with Crippen LogP contribution >= 0.6 is 0 Å². The molecule has 3 N–H and O–H groups in total. The second-order valence-electron chi connectivity index (χ2n) is 6.33. The topological polar surface area (TPSA) is 81.7 Å². The van der Waals surface area contributed by atoms with Crippen molar-refractivity contribution >= 4 is 23.1 Å². The zero-order valence-electron chi connectivity index (χ0n) is 14.1. The molecule has 1 aliphatic carbocycles. The highest BCUT2D eigenvalue weighted by atomic mass is 16.5. The van der Waals surface area contributed by atoms with E-state index in [1.165, 1.54) is 0 Å². The normalized spacial score (nSPS) is 16.0. The van der Waals surface area contributed by atoms with Crippen LogP contribution in [-0.4, -0.2) is 30.0 Å². The molecule has 6 heteroatoms. The average Bonchev–Trinajstić information content (AvgIpc) is 2.79. The molecule has 0 bridgehead atoms. The molecule has 1 aromatic rings. The predicted molar refractivity (Wildman–Crippen MR) is 96.5 cm³/mol. The summed E-state index contributed by atoms with van der Waals surface area (Å²) in [4.78, 5) is 25.6. The Balaban J connectivity index is 1.69. The number of carbonyl (C=O) groups is 2. The van der Waals surface area contributed by atoms with Gasteiger partial charge in [0.05, 0.1) is 11.4 Å². The van der Waals surface area contributed by atoms with E-state index in [0.717, 1.165) is 48.5 Å². The fourth-order valence-electron chi connectivity index (χ4n) is 3.24. The Morgan fingerprint density at radius 3 is 2.92 bits per heavy atom. The van der Waals surface area contributed by atoms with Crippen molar-refractivity contribution in [3.05, 3.63) is 47.7 Å². The third-order valence-electron chi connectivity index (χ3n) is 4.57. The first kappa shape index (κ1) is 17.2. The number of unbranched alkanes of at least 4 members (excludes halogenated alkanes) is 2. The van der Waals surface area contributed by atoms with Gasteiger partial charge in [-0.05, 0) is 31.1 Å². The second-order valence-corrected chi connectivity index (χ2v) is 6.33. The van der Waals surface area contributed by atoms with Crippen LogP contribution in [0.1, 0.15) is 32.1 Å². The highest BCUT2D eigenvalue weighted by molar-refractivity contribution is 6.01. The molecule has 0 aromatic heterocycles. The van der Waals surface area contributed by atoms with Gasteiger partial charge < -0.3 is 10.2 Å². The van der Waals surface area contributed by atoms with E-state index in [2.05, 4.69) is 16.3 Å². The average molecular weight is 341 g/mol. The van der Waals surface area contributed by atoms with Crippen molar-refractivity contribution in [3.8, 4) is 0 Å². The summed E-state index contributed by atoms with van der Waals surface area (Å²) < 4.78 is 0. The number of para-hydroxylation sites is 2. The smallest absolute Gasteiger partial charge is 0.243 e. The van der Waals surface area contributed by atoms with Gasteiger partial charge in [0.1, 0.15) is 0 Å². The molecule has 0 radical (unpaired) electrons. The molecular formula is C19H23N3O3. The number of carbonyl (C=O) groups excluding carboxylic acids is 2. The molecule has 0 spiro atoms. The number of benzene rings is 1. The number of hydrogen-bond donors (Lipinski definition) is 3. The van der Waals surface area contributed by atoms with Gasteiger partial charge in [0, 0.05) is 37.2 Å². The largest absolute Gasteiger partial charge is 0.365 e. The van der Waals surface area contributed by atoms with Crippen LogP contribution < -0.4 is 15.7 Å². The van der Waals surface area contributed by atoms with E-state index in [1.807, 2.05) is 30.4 Å². The van der Waals surface area contributed by atoms with E-state index < -0.39 is 0 Å². The number of nitrogens with one attached hydrogen (secondary N) is 2. The number of rotatable bonds is 6. The summed E-state index contributed by atoms with van der Waals surface area (Å²) in [6.07, 6.45) is 7.21. The summed E-state index contributed by atoms with van der Waals surface area (Å²) in [7, 11) is 0. The van der Waals surface area contributed by atoms with E-state index in [-0.39, 0.29) is 11.7 Å². The molecule has 1 aromatic carbocycles. The van der Waals surface area contributed by atoms with Crippen LogP contribution in [-0.2, 0) is 9.59 Å². The molecule has 1 aliphatic heterocycles. The monoisotopic (exact) mass is 341 g/mol. The maximum absolute atomic E-state index is 12.3. The Bertz CT molecular complexity index is 724. The molecule has 1 amide bonds. The first-order chi connectivity index (χ1) is 12.2. The zero-order chi connectivity index (χ0) is 17.6. The number of ketones is 1. The summed E-state index contributed by atoms with van der Waals surface area (Å²) in [5, 5.41) is 11.9.